The van der Waals surface area contributed by atoms with Gasteiger partial charge in [0, 0.05) is 29.7 Å². The highest BCUT2D eigenvalue weighted by molar-refractivity contribution is 7.13. The van der Waals surface area contributed by atoms with Gasteiger partial charge in [0.05, 0.1) is 4.88 Å². The minimum atomic E-state index is -0.354. The van der Waals surface area contributed by atoms with Gasteiger partial charge in [0.15, 0.2) is 0 Å². The fourth-order valence-electron chi connectivity index (χ4n) is 2.65. The molecule has 1 saturated heterocycles. The molecule has 0 bridgehead atoms. The van der Waals surface area contributed by atoms with Crippen LogP contribution < -0.4 is 10.6 Å². The van der Waals surface area contributed by atoms with E-state index in [2.05, 4.69) is 10.6 Å². The number of anilines is 1. The summed E-state index contributed by atoms with van der Waals surface area (Å²) in [6.45, 7) is 3.08. The SMILES string of the molecule is Cc1ccc(C(=O)N2CC[C@@H](NC(=O)Nc3ccc(F)cc3)C2)s1. The van der Waals surface area contributed by atoms with Crippen molar-refractivity contribution in [1.82, 2.24) is 10.2 Å². The van der Waals surface area contributed by atoms with Crippen LogP contribution in [-0.4, -0.2) is 36.0 Å². The molecule has 1 fully saturated rings. The van der Waals surface area contributed by atoms with Crippen LogP contribution in [0.15, 0.2) is 36.4 Å². The largest absolute Gasteiger partial charge is 0.336 e. The van der Waals surface area contributed by atoms with Crippen LogP contribution in [0.3, 0.4) is 0 Å². The van der Waals surface area contributed by atoms with E-state index in [1.54, 1.807) is 4.90 Å². The highest BCUT2D eigenvalue weighted by Crippen LogP contribution is 2.20. The summed E-state index contributed by atoms with van der Waals surface area (Å²) in [5.74, 6) is -0.342. The molecule has 1 aromatic heterocycles. The van der Waals surface area contributed by atoms with Gasteiger partial charge in [-0.25, -0.2) is 9.18 Å². The Morgan fingerprint density at radius 3 is 2.62 bits per heavy atom. The lowest BCUT2D eigenvalue weighted by molar-refractivity contribution is 0.0794. The molecule has 1 aliphatic rings. The van der Waals surface area contributed by atoms with Gasteiger partial charge in [0.2, 0.25) is 0 Å². The second-order valence-corrected chi connectivity index (χ2v) is 7.04. The van der Waals surface area contributed by atoms with E-state index >= 15 is 0 Å². The number of thiophene rings is 1. The van der Waals surface area contributed by atoms with Crippen molar-refractivity contribution in [2.24, 2.45) is 0 Å². The Labute approximate surface area is 143 Å². The zero-order valence-corrected chi connectivity index (χ0v) is 14.0. The summed E-state index contributed by atoms with van der Waals surface area (Å²) < 4.78 is 12.8. The highest BCUT2D eigenvalue weighted by atomic mass is 32.1. The van der Waals surface area contributed by atoms with Gasteiger partial charge >= 0.3 is 6.03 Å². The monoisotopic (exact) mass is 347 g/mol. The van der Waals surface area contributed by atoms with E-state index in [-0.39, 0.29) is 23.8 Å². The Bertz CT molecular complexity index is 745. The Morgan fingerprint density at radius 1 is 1.21 bits per heavy atom. The van der Waals surface area contributed by atoms with Crippen molar-refractivity contribution < 1.29 is 14.0 Å². The molecular formula is C17H18FN3O2S. The molecule has 24 heavy (non-hydrogen) atoms. The van der Waals surface area contributed by atoms with Crippen molar-refractivity contribution in [1.29, 1.82) is 0 Å². The minimum absolute atomic E-state index is 0.0105. The minimum Gasteiger partial charge on any atom is -0.336 e. The first-order valence-electron chi connectivity index (χ1n) is 7.70. The third-order valence-corrected chi connectivity index (χ3v) is 4.85. The van der Waals surface area contributed by atoms with E-state index < -0.39 is 0 Å². The predicted octanol–water partition coefficient (Wildman–Crippen LogP) is 3.23. The lowest BCUT2D eigenvalue weighted by Crippen LogP contribution is -2.40. The molecule has 2 heterocycles. The first-order valence-corrected chi connectivity index (χ1v) is 8.52. The van der Waals surface area contributed by atoms with Crippen LogP contribution in [0.2, 0.25) is 0 Å². The molecule has 5 nitrogen and oxygen atoms in total. The van der Waals surface area contributed by atoms with E-state index in [1.807, 2.05) is 19.1 Å². The maximum absolute atomic E-state index is 12.8. The maximum Gasteiger partial charge on any atom is 0.319 e. The number of likely N-dealkylation sites (tertiary alicyclic amines) is 1. The summed E-state index contributed by atoms with van der Waals surface area (Å²) in [5.41, 5.74) is 0.522. The molecule has 0 saturated carbocycles. The predicted molar refractivity (Wildman–Crippen MR) is 91.9 cm³/mol. The van der Waals surface area contributed by atoms with Crippen molar-refractivity contribution in [3.63, 3.8) is 0 Å². The quantitative estimate of drug-likeness (QED) is 0.895. The average molecular weight is 347 g/mol. The number of aryl methyl sites for hydroxylation is 1. The molecule has 1 atom stereocenters. The molecule has 3 amide bonds. The number of hydrogen-bond acceptors (Lipinski definition) is 3. The first-order chi connectivity index (χ1) is 11.5. The molecule has 0 aliphatic carbocycles. The Kier molecular flexibility index (Phi) is 4.80. The number of nitrogens with one attached hydrogen (secondary N) is 2. The lowest BCUT2D eigenvalue weighted by Gasteiger charge is -2.16. The van der Waals surface area contributed by atoms with E-state index in [0.717, 1.165) is 9.75 Å². The van der Waals surface area contributed by atoms with Gasteiger partial charge in [0.1, 0.15) is 5.82 Å². The van der Waals surface area contributed by atoms with Gasteiger partial charge in [0.25, 0.3) is 5.91 Å². The van der Waals surface area contributed by atoms with Crippen LogP contribution in [0.4, 0.5) is 14.9 Å². The number of amides is 3. The molecule has 2 aromatic rings. The summed E-state index contributed by atoms with van der Waals surface area (Å²) in [4.78, 5) is 28.0. The maximum atomic E-state index is 12.8. The fraction of sp³-hybridized carbons (Fsp3) is 0.294. The summed E-state index contributed by atoms with van der Waals surface area (Å²) in [6.07, 6.45) is 0.715. The Hall–Kier alpha value is -2.41. The van der Waals surface area contributed by atoms with Crippen LogP contribution in [0.25, 0.3) is 0 Å². The molecule has 3 rings (SSSR count). The van der Waals surface area contributed by atoms with Crippen LogP contribution in [-0.2, 0) is 0 Å². The number of halogens is 1. The fourth-order valence-corrected chi connectivity index (χ4v) is 3.49. The number of hydrogen-bond donors (Lipinski definition) is 2. The standard InChI is InChI=1S/C17H18FN3O2S/c1-11-2-7-15(24-11)16(22)21-9-8-14(10-21)20-17(23)19-13-5-3-12(18)4-6-13/h2-7,14H,8-10H2,1H3,(H2,19,20,23)/t14-/m1/s1. The number of benzene rings is 1. The van der Waals surface area contributed by atoms with Crippen LogP contribution in [0, 0.1) is 12.7 Å². The van der Waals surface area contributed by atoms with Gasteiger partial charge in [-0.3, -0.25) is 4.79 Å². The molecular weight excluding hydrogens is 329 g/mol. The number of nitrogens with zero attached hydrogens (tertiary/aromatic N) is 1. The second-order valence-electron chi connectivity index (χ2n) is 5.75. The van der Waals surface area contributed by atoms with E-state index in [1.165, 1.54) is 35.6 Å². The van der Waals surface area contributed by atoms with Crippen molar-refractivity contribution in [3.05, 3.63) is 52.0 Å². The van der Waals surface area contributed by atoms with E-state index in [9.17, 15) is 14.0 Å². The zero-order chi connectivity index (χ0) is 17.1. The van der Waals surface area contributed by atoms with Crippen molar-refractivity contribution in [2.45, 2.75) is 19.4 Å². The van der Waals surface area contributed by atoms with Crippen molar-refractivity contribution in [3.8, 4) is 0 Å². The molecule has 1 aliphatic heterocycles. The molecule has 7 heteroatoms. The second kappa shape index (κ2) is 7.00. The Morgan fingerprint density at radius 2 is 1.96 bits per heavy atom. The molecule has 1 aromatic carbocycles. The van der Waals surface area contributed by atoms with Crippen LogP contribution >= 0.6 is 11.3 Å². The van der Waals surface area contributed by atoms with Gasteiger partial charge in [-0.1, -0.05) is 0 Å². The average Bonchev–Trinajstić information content (AvgIpc) is 3.18. The van der Waals surface area contributed by atoms with Crippen LogP contribution in [0.5, 0.6) is 0 Å². The van der Waals surface area contributed by atoms with E-state index in [0.29, 0.717) is 25.2 Å². The molecule has 0 unspecified atom stereocenters. The number of carbonyl (C=O) groups excluding carboxylic acids is 2. The first kappa shape index (κ1) is 16.4. The topological polar surface area (TPSA) is 61.4 Å². The number of carbonyl (C=O) groups is 2. The number of rotatable bonds is 3. The lowest BCUT2D eigenvalue weighted by atomic mass is 10.3. The molecule has 0 spiro atoms. The van der Waals surface area contributed by atoms with Crippen molar-refractivity contribution in [2.75, 3.05) is 18.4 Å². The Balaban J connectivity index is 1.51. The summed E-state index contributed by atoms with van der Waals surface area (Å²) in [7, 11) is 0. The zero-order valence-electron chi connectivity index (χ0n) is 13.2. The van der Waals surface area contributed by atoms with Gasteiger partial charge in [-0.15, -0.1) is 11.3 Å². The van der Waals surface area contributed by atoms with Gasteiger partial charge in [-0.2, -0.15) is 0 Å². The number of urea groups is 1. The van der Waals surface area contributed by atoms with Gasteiger partial charge < -0.3 is 15.5 Å². The molecule has 2 N–H and O–H groups in total. The summed E-state index contributed by atoms with van der Waals surface area (Å²) in [6, 6.07) is 8.90. The highest BCUT2D eigenvalue weighted by Gasteiger charge is 2.28. The van der Waals surface area contributed by atoms with Crippen molar-refractivity contribution >= 4 is 29.0 Å². The third-order valence-electron chi connectivity index (χ3n) is 3.86. The van der Waals surface area contributed by atoms with Gasteiger partial charge in [-0.05, 0) is 49.7 Å². The van der Waals surface area contributed by atoms with E-state index in [4.69, 9.17) is 0 Å². The third kappa shape index (κ3) is 3.91. The van der Waals surface area contributed by atoms with Crippen LogP contribution in [0.1, 0.15) is 21.0 Å². The molecule has 0 radical (unpaired) electrons. The normalized spacial score (nSPS) is 16.9. The summed E-state index contributed by atoms with van der Waals surface area (Å²) >= 11 is 1.48. The molecule has 126 valence electrons. The summed E-state index contributed by atoms with van der Waals surface area (Å²) in [5, 5.41) is 5.51. The smallest absolute Gasteiger partial charge is 0.319 e.